The summed E-state index contributed by atoms with van der Waals surface area (Å²) in [5.41, 5.74) is 0. The van der Waals surface area contributed by atoms with E-state index in [1.807, 2.05) is 0 Å². The lowest BCUT2D eigenvalue weighted by Crippen LogP contribution is -2.44. The van der Waals surface area contributed by atoms with Crippen LogP contribution in [0.1, 0.15) is 6.92 Å². The smallest absolute Gasteiger partial charge is 0.377 e. The SMILES string of the molecule is CO[Si](CC(C)=O)(OC)OC. The molecule has 0 aliphatic heterocycles. The Morgan fingerprint density at radius 3 is 1.64 bits per heavy atom. The summed E-state index contributed by atoms with van der Waals surface area (Å²) >= 11 is 0. The van der Waals surface area contributed by atoms with Crippen LogP contribution in [0.25, 0.3) is 0 Å². The van der Waals surface area contributed by atoms with Gasteiger partial charge in [0, 0.05) is 21.3 Å². The van der Waals surface area contributed by atoms with Crippen LogP contribution in [-0.2, 0) is 18.1 Å². The van der Waals surface area contributed by atoms with Crippen molar-refractivity contribution in [1.29, 1.82) is 0 Å². The van der Waals surface area contributed by atoms with Gasteiger partial charge in [-0.05, 0) is 6.92 Å². The first-order valence-electron chi connectivity index (χ1n) is 3.25. The van der Waals surface area contributed by atoms with Gasteiger partial charge in [-0.3, -0.25) is 0 Å². The van der Waals surface area contributed by atoms with E-state index in [0.29, 0.717) is 0 Å². The summed E-state index contributed by atoms with van der Waals surface area (Å²) in [7, 11) is 1.83. The predicted molar refractivity (Wildman–Crippen MR) is 42.3 cm³/mol. The van der Waals surface area contributed by atoms with Gasteiger partial charge in [-0.2, -0.15) is 0 Å². The molecule has 0 unspecified atom stereocenters. The number of hydrogen-bond acceptors (Lipinski definition) is 4. The molecule has 4 nitrogen and oxygen atoms in total. The standard InChI is InChI=1S/C6H14O4Si/c1-6(7)5-11(8-2,9-3)10-4/h5H2,1-4H3. The summed E-state index contributed by atoms with van der Waals surface area (Å²) in [4.78, 5) is 10.7. The van der Waals surface area contributed by atoms with Gasteiger partial charge in [0.2, 0.25) is 0 Å². The maximum atomic E-state index is 10.7. The van der Waals surface area contributed by atoms with Crippen molar-refractivity contribution in [1.82, 2.24) is 0 Å². The van der Waals surface area contributed by atoms with Crippen LogP contribution < -0.4 is 0 Å². The number of ketones is 1. The van der Waals surface area contributed by atoms with E-state index >= 15 is 0 Å². The van der Waals surface area contributed by atoms with Gasteiger partial charge in [0.15, 0.2) is 0 Å². The summed E-state index contributed by atoms with van der Waals surface area (Å²) in [5.74, 6) is 0.0159. The molecule has 0 aromatic rings. The molecule has 0 rings (SSSR count). The van der Waals surface area contributed by atoms with E-state index in [9.17, 15) is 4.79 Å². The van der Waals surface area contributed by atoms with E-state index in [0.717, 1.165) is 0 Å². The molecule has 0 aromatic heterocycles. The van der Waals surface area contributed by atoms with Gasteiger partial charge in [-0.15, -0.1) is 0 Å². The number of hydrogen-bond donors (Lipinski definition) is 0. The van der Waals surface area contributed by atoms with E-state index in [1.165, 1.54) is 28.3 Å². The molecule has 0 saturated carbocycles. The summed E-state index contributed by atoms with van der Waals surface area (Å²) in [5, 5.41) is 0. The van der Waals surface area contributed by atoms with Gasteiger partial charge in [0.1, 0.15) is 5.78 Å². The third kappa shape index (κ3) is 3.11. The first-order valence-corrected chi connectivity index (χ1v) is 5.18. The van der Waals surface area contributed by atoms with Gasteiger partial charge < -0.3 is 18.1 Å². The Morgan fingerprint density at radius 1 is 1.18 bits per heavy atom. The van der Waals surface area contributed by atoms with Crippen molar-refractivity contribution >= 4 is 14.6 Å². The molecule has 0 aromatic carbocycles. The molecular weight excluding hydrogens is 164 g/mol. The average Bonchev–Trinajstić information content (AvgIpc) is 2.00. The fourth-order valence-corrected chi connectivity index (χ4v) is 2.31. The Kier molecular flexibility index (Phi) is 4.51. The highest BCUT2D eigenvalue weighted by molar-refractivity contribution is 6.64. The summed E-state index contributed by atoms with van der Waals surface area (Å²) < 4.78 is 15.1. The fourth-order valence-electron chi connectivity index (χ4n) is 0.771. The number of carbonyl (C=O) groups is 1. The highest BCUT2D eigenvalue weighted by Gasteiger charge is 2.39. The van der Waals surface area contributed by atoms with E-state index in [-0.39, 0.29) is 11.8 Å². The van der Waals surface area contributed by atoms with Gasteiger partial charge >= 0.3 is 8.80 Å². The van der Waals surface area contributed by atoms with Gasteiger partial charge in [-0.1, -0.05) is 0 Å². The Labute approximate surface area is 67.8 Å². The van der Waals surface area contributed by atoms with E-state index in [2.05, 4.69) is 0 Å². The average molecular weight is 178 g/mol. The van der Waals surface area contributed by atoms with E-state index < -0.39 is 8.80 Å². The lowest BCUT2D eigenvalue weighted by Gasteiger charge is -2.22. The summed E-state index contributed by atoms with van der Waals surface area (Å²) in [6.45, 7) is 1.48. The molecule has 0 saturated heterocycles. The van der Waals surface area contributed by atoms with Crippen LogP contribution in [-0.4, -0.2) is 35.9 Å². The molecule has 0 aliphatic rings. The van der Waals surface area contributed by atoms with Crippen molar-refractivity contribution < 1.29 is 18.1 Å². The first-order chi connectivity index (χ1) is 5.10. The van der Waals surface area contributed by atoms with Crippen LogP contribution >= 0.6 is 0 Å². The second kappa shape index (κ2) is 4.61. The van der Waals surface area contributed by atoms with E-state index in [1.54, 1.807) is 0 Å². The quantitative estimate of drug-likeness (QED) is 0.573. The minimum atomic E-state index is -2.63. The van der Waals surface area contributed by atoms with Crippen LogP contribution in [0.3, 0.4) is 0 Å². The zero-order valence-corrected chi connectivity index (χ0v) is 8.34. The molecule has 0 bridgehead atoms. The van der Waals surface area contributed by atoms with Crippen molar-refractivity contribution in [2.75, 3.05) is 21.3 Å². The third-order valence-electron chi connectivity index (χ3n) is 1.40. The van der Waals surface area contributed by atoms with Crippen LogP contribution in [0.2, 0.25) is 6.04 Å². The number of carbonyl (C=O) groups excluding carboxylic acids is 1. The van der Waals surface area contributed by atoms with Crippen molar-refractivity contribution in [3.8, 4) is 0 Å². The molecule has 66 valence electrons. The first kappa shape index (κ1) is 10.8. The van der Waals surface area contributed by atoms with Crippen molar-refractivity contribution in [2.45, 2.75) is 13.0 Å². The van der Waals surface area contributed by atoms with Gasteiger partial charge in [0.05, 0.1) is 6.04 Å². The summed E-state index contributed by atoms with van der Waals surface area (Å²) in [6, 6.07) is 0.233. The zero-order valence-electron chi connectivity index (χ0n) is 7.34. The maximum Gasteiger partial charge on any atom is 0.507 e. The van der Waals surface area contributed by atoms with Crippen LogP contribution in [0, 0.1) is 0 Å². The molecule has 0 aliphatic carbocycles. The predicted octanol–water partition coefficient (Wildman–Crippen LogP) is 0.453. The minimum Gasteiger partial charge on any atom is -0.377 e. The van der Waals surface area contributed by atoms with Crippen molar-refractivity contribution in [3.05, 3.63) is 0 Å². The molecule has 0 radical (unpaired) electrons. The highest BCUT2D eigenvalue weighted by Crippen LogP contribution is 2.12. The maximum absolute atomic E-state index is 10.7. The zero-order chi connectivity index (χ0) is 8.91. The van der Waals surface area contributed by atoms with Crippen LogP contribution in [0.15, 0.2) is 0 Å². The van der Waals surface area contributed by atoms with Gasteiger partial charge in [-0.25, -0.2) is 0 Å². The highest BCUT2D eigenvalue weighted by atomic mass is 28.4. The minimum absolute atomic E-state index is 0.0159. The lowest BCUT2D eigenvalue weighted by molar-refractivity contribution is -0.115. The lowest BCUT2D eigenvalue weighted by atomic mass is 10.5. The van der Waals surface area contributed by atoms with Gasteiger partial charge in [0.25, 0.3) is 0 Å². The van der Waals surface area contributed by atoms with Crippen molar-refractivity contribution in [2.24, 2.45) is 0 Å². The largest absolute Gasteiger partial charge is 0.507 e. The van der Waals surface area contributed by atoms with E-state index in [4.69, 9.17) is 13.3 Å². The molecule has 0 heterocycles. The Bertz CT molecular complexity index is 124. The topological polar surface area (TPSA) is 44.8 Å². The summed E-state index contributed by atoms with van der Waals surface area (Å²) in [6.07, 6.45) is 0. The Morgan fingerprint density at radius 2 is 1.55 bits per heavy atom. The van der Waals surface area contributed by atoms with Crippen molar-refractivity contribution in [3.63, 3.8) is 0 Å². The molecular formula is C6H14O4Si. The number of rotatable bonds is 5. The molecule has 0 spiro atoms. The molecule has 0 N–H and O–H groups in total. The van der Waals surface area contributed by atoms with Crippen LogP contribution in [0.5, 0.6) is 0 Å². The molecule has 5 heteroatoms. The molecule has 11 heavy (non-hydrogen) atoms. The Balaban J connectivity index is 4.16. The molecule has 0 amide bonds. The molecule has 0 atom stereocenters. The monoisotopic (exact) mass is 178 g/mol. The second-order valence-corrected chi connectivity index (χ2v) is 5.12. The number of Topliss-reactive ketones (excluding diaryl/α,β-unsaturated/α-hetero) is 1. The normalized spacial score (nSPS) is 11.6. The Hall–Kier alpha value is -0.233. The second-order valence-electron chi connectivity index (χ2n) is 2.17. The molecule has 0 fully saturated rings. The third-order valence-corrected chi connectivity index (χ3v) is 4.20. The fraction of sp³-hybridized carbons (Fsp3) is 0.833. The van der Waals surface area contributed by atoms with Crippen LogP contribution in [0.4, 0.5) is 0 Å².